The quantitative estimate of drug-likeness (QED) is 0.203. The molecule has 1 fully saturated rings. The van der Waals surface area contributed by atoms with Crippen molar-refractivity contribution in [1.29, 1.82) is 0 Å². The first-order chi connectivity index (χ1) is 22.8. The molecule has 0 saturated carbocycles. The largest absolute Gasteiger partial charge is 0.460 e. The zero-order valence-corrected chi connectivity index (χ0v) is 30.9. The van der Waals surface area contributed by atoms with Gasteiger partial charge in [-0.05, 0) is 64.2 Å². The molecule has 15 heteroatoms. The molecule has 0 radical (unpaired) electrons. The number of ether oxygens (including phenoxy) is 2. The number of nitrogens with one attached hydrogen (secondary N) is 3. The van der Waals surface area contributed by atoms with Gasteiger partial charge in [0.2, 0.25) is 15.6 Å². The maximum atomic E-state index is 13.5. The summed E-state index contributed by atoms with van der Waals surface area (Å²) in [5.41, 5.74) is 3.94. The van der Waals surface area contributed by atoms with Crippen LogP contribution in [0.1, 0.15) is 78.7 Å². The van der Waals surface area contributed by atoms with Crippen LogP contribution in [-0.4, -0.2) is 74.7 Å². The van der Waals surface area contributed by atoms with Crippen molar-refractivity contribution >= 4 is 81.4 Å². The number of fused-ring (bicyclic) bond motifs is 1. The van der Waals surface area contributed by atoms with E-state index < -0.39 is 63.8 Å². The van der Waals surface area contributed by atoms with Crippen LogP contribution < -0.4 is 16.1 Å². The van der Waals surface area contributed by atoms with E-state index in [0.717, 1.165) is 10.9 Å². The van der Waals surface area contributed by atoms with Gasteiger partial charge in [0.25, 0.3) is 5.91 Å². The minimum Gasteiger partial charge on any atom is -0.460 e. The molecule has 1 aromatic carbocycles. The van der Waals surface area contributed by atoms with Crippen LogP contribution in [0.4, 0.5) is 0 Å². The predicted octanol–water partition coefficient (Wildman–Crippen LogP) is 4.95. The van der Waals surface area contributed by atoms with E-state index in [1.807, 2.05) is 30.3 Å². The normalized spacial score (nSPS) is 17.4. The van der Waals surface area contributed by atoms with Crippen LogP contribution >= 0.6 is 34.8 Å². The molecule has 0 spiro atoms. The van der Waals surface area contributed by atoms with E-state index in [-0.39, 0.29) is 11.8 Å². The second kappa shape index (κ2) is 17.0. The van der Waals surface area contributed by atoms with Crippen molar-refractivity contribution in [2.45, 2.75) is 89.3 Å². The second-order valence-corrected chi connectivity index (χ2v) is 15.5. The number of pyridine rings is 1. The van der Waals surface area contributed by atoms with Crippen molar-refractivity contribution < 1.29 is 33.4 Å². The van der Waals surface area contributed by atoms with Crippen molar-refractivity contribution in [2.24, 2.45) is 11.3 Å². The highest BCUT2D eigenvalue weighted by molar-refractivity contribution is 6.67. The van der Waals surface area contributed by atoms with Crippen molar-refractivity contribution in [1.82, 2.24) is 26.1 Å². The van der Waals surface area contributed by atoms with Gasteiger partial charge in [0.15, 0.2) is 0 Å². The standard InChI is InChI=1S/C34H44Cl3N5O7/c1-19(2)28(29(44)38-20(3)30(45)42-16-8-9-26(41-42)31(46)48-18-34(35,36)37)40-32(47)33(6,7)15-14-23-10-11-24-12-13-25(39-27(24)17-23)21(4)49-22(5)43/h10-15,17,19-21,26,28,41H,8-9,16,18H2,1-7H3,(H,38,44)(H,40,47)/b15-14+/t20-,21+,26-,28-/m0/s1. The van der Waals surface area contributed by atoms with Crippen LogP contribution in [0.2, 0.25) is 0 Å². The molecule has 49 heavy (non-hydrogen) atoms. The number of benzene rings is 1. The molecule has 2 heterocycles. The molecule has 3 amide bonds. The number of aromatic nitrogens is 1. The molecular formula is C34H44Cl3N5O7. The lowest BCUT2D eigenvalue weighted by molar-refractivity contribution is -0.153. The number of rotatable bonds is 12. The smallest absolute Gasteiger partial charge is 0.325 e. The van der Waals surface area contributed by atoms with Crippen molar-refractivity contribution in [3.63, 3.8) is 0 Å². The van der Waals surface area contributed by atoms with E-state index in [4.69, 9.17) is 44.3 Å². The lowest BCUT2D eigenvalue weighted by Crippen LogP contribution is -2.61. The predicted molar refractivity (Wildman–Crippen MR) is 188 cm³/mol. The lowest BCUT2D eigenvalue weighted by Gasteiger charge is -2.35. The molecule has 4 atom stereocenters. The first-order valence-electron chi connectivity index (χ1n) is 16.0. The number of esters is 2. The van der Waals surface area contributed by atoms with E-state index >= 15 is 0 Å². The maximum absolute atomic E-state index is 13.5. The van der Waals surface area contributed by atoms with Crippen molar-refractivity contribution in [3.8, 4) is 0 Å². The number of hydrazine groups is 1. The summed E-state index contributed by atoms with van der Waals surface area (Å²) in [7, 11) is 0. The number of hydrogen-bond donors (Lipinski definition) is 3. The van der Waals surface area contributed by atoms with E-state index in [1.165, 1.54) is 18.9 Å². The van der Waals surface area contributed by atoms with Crippen molar-refractivity contribution in [3.05, 3.63) is 47.7 Å². The van der Waals surface area contributed by atoms with Gasteiger partial charge in [0, 0.05) is 18.9 Å². The highest BCUT2D eigenvalue weighted by Gasteiger charge is 2.35. The summed E-state index contributed by atoms with van der Waals surface area (Å²) >= 11 is 17.0. The number of alkyl halides is 3. The summed E-state index contributed by atoms with van der Waals surface area (Å²) in [6.45, 7) is 11.5. The molecule has 3 rings (SSSR count). The van der Waals surface area contributed by atoms with E-state index in [1.54, 1.807) is 46.8 Å². The lowest BCUT2D eigenvalue weighted by atomic mass is 9.89. The SMILES string of the molecule is CC(=O)O[C@H](C)c1ccc2ccc(/C=C/C(C)(C)C(=O)N[C@H](C(=O)N[C@@H](C)C(=O)N3CCC[C@@H](C(=O)OCC(Cl)(Cl)Cl)N3)C(C)C)cc2n1. The van der Waals surface area contributed by atoms with E-state index in [0.29, 0.717) is 30.6 Å². The number of carbonyl (C=O) groups is 5. The second-order valence-electron chi connectivity index (χ2n) is 13.0. The first-order valence-corrected chi connectivity index (χ1v) is 17.1. The van der Waals surface area contributed by atoms with Crippen LogP contribution in [0.25, 0.3) is 17.0 Å². The third-order valence-electron chi connectivity index (χ3n) is 7.85. The molecule has 2 aromatic rings. The fourth-order valence-corrected chi connectivity index (χ4v) is 5.16. The zero-order valence-electron chi connectivity index (χ0n) is 28.6. The van der Waals surface area contributed by atoms with Gasteiger partial charge in [-0.1, -0.05) is 79.0 Å². The highest BCUT2D eigenvalue weighted by Crippen LogP contribution is 2.27. The minimum atomic E-state index is -1.76. The van der Waals surface area contributed by atoms with Crippen molar-refractivity contribution in [2.75, 3.05) is 13.2 Å². The van der Waals surface area contributed by atoms with Gasteiger partial charge < -0.3 is 20.1 Å². The maximum Gasteiger partial charge on any atom is 0.325 e. The number of hydrogen-bond acceptors (Lipinski definition) is 9. The Balaban J connectivity index is 1.63. The number of nitrogens with zero attached hydrogens (tertiary/aromatic N) is 2. The molecule has 1 saturated heterocycles. The third-order valence-corrected chi connectivity index (χ3v) is 8.18. The first kappa shape index (κ1) is 40.0. The van der Waals surface area contributed by atoms with Crippen LogP contribution in [0.5, 0.6) is 0 Å². The molecule has 1 aromatic heterocycles. The topological polar surface area (TPSA) is 156 Å². The summed E-state index contributed by atoms with van der Waals surface area (Å²) in [5.74, 6) is -2.75. The van der Waals surface area contributed by atoms with Crippen LogP contribution in [0, 0.1) is 11.3 Å². The van der Waals surface area contributed by atoms with Gasteiger partial charge >= 0.3 is 11.9 Å². The molecular weight excluding hydrogens is 697 g/mol. The monoisotopic (exact) mass is 739 g/mol. The Morgan fingerprint density at radius 2 is 1.73 bits per heavy atom. The molecule has 0 aliphatic carbocycles. The van der Waals surface area contributed by atoms with Gasteiger partial charge in [-0.2, -0.15) is 0 Å². The number of amides is 3. The Hall–Kier alpha value is -3.45. The third kappa shape index (κ3) is 11.8. The average molecular weight is 741 g/mol. The molecule has 1 aliphatic rings. The summed E-state index contributed by atoms with van der Waals surface area (Å²) in [5, 5.41) is 7.70. The summed E-state index contributed by atoms with van der Waals surface area (Å²) < 4.78 is 8.53. The van der Waals surface area contributed by atoms with Crippen LogP contribution in [-0.2, 0) is 33.4 Å². The highest BCUT2D eigenvalue weighted by atomic mass is 35.6. The van der Waals surface area contributed by atoms with Gasteiger partial charge in [-0.3, -0.25) is 29.0 Å². The molecule has 1 aliphatic heterocycles. The fourth-order valence-electron chi connectivity index (χ4n) is 5.00. The summed E-state index contributed by atoms with van der Waals surface area (Å²) in [6, 6.07) is 6.67. The van der Waals surface area contributed by atoms with Gasteiger partial charge in [-0.15, -0.1) is 0 Å². The Kier molecular flexibility index (Phi) is 13.9. The molecule has 12 nitrogen and oxygen atoms in total. The fraction of sp³-hybridized carbons (Fsp3) is 0.529. The summed E-state index contributed by atoms with van der Waals surface area (Å²) in [4.78, 5) is 68.4. The molecule has 0 unspecified atom stereocenters. The van der Waals surface area contributed by atoms with Crippen LogP contribution in [0.15, 0.2) is 36.4 Å². The molecule has 268 valence electrons. The van der Waals surface area contributed by atoms with E-state index in [9.17, 15) is 24.0 Å². The number of halogens is 3. The average Bonchev–Trinajstić information content (AvgIpc) is 3.03. The Bertz CT molecular complexity index is 1580. The summed E-state index contributed by atoms with van der Waals surface area (Å²) in [6.07, 6.45) is 3.96. The zero-order chi connectivity index (χ0) is 36.7. The minimum absolute atomic E-state index is 0.300. The van der Waals surface area contributed by atoms with Gasteiger partial charge in [0.05, 0.1) is 16.6 Å². The Morgan fingerprint density at radius 1 is 1.06 bits per heavy atom. The molecule has 3 N–H and O–H groups in total. The van der Waals surface area contributed by atoms with Gasteiger partial charge in [0.1, 0.15) is 30.8 Å². The van der Waals surface area contributed by atoms with E-state index in [2.05, 4.69) is 21.0 Å². The Morgan fingerprint density at radius 3 is 2.37 bits per heavy atom. The number of carbonyl (C=O) groups excluding carboxylic acids is 5. The van der Waals surface area contributed by atoms with Crippen LogP contribution in [0.3, 0.4) is 0 Å². The Labute approximate surface area is 301 Å². The molecule has 0 bridgehead atoms. The van der Waals surface area contributed by atoms with Gasteiger partial charge in [-0.25, -0.2) is 10.4 Å².